The molecule has 0 heterocycles. The molecular weight excluding hydrogens is 170 g/mol. The predicted molar refractivity (Wildman–Crippen MR) is 60.4 cm³/mol. The Morgan fingerprint density at radius 3 is 2.64 bits per heavy atom. The minimum absolute atomic E-state index is 0.832. The molecule has 1 aliphatic carbocycles. The predicted octanol–water partition coefficient (Wildman–Crippen LogP) is 2.87. The van der Waals surface area contributed by atoms with E-state index >= 15 is 0 Å². The van der Waals surface area contributed by atoms with Gasteiger partial charge in [0.25, 0.3) is 0 Å². The molecule has 0 fully saturated rings. The second-order valence-electron chi connectivity index (χ2n) is 3.38. The number of allylic oxidation sites excluding steroid dienone is 4. The van der Waals surface area contributed by atoms with Gasteiger partial charge >= 0.3 is 0 Å². The maximum absolute atomic E-state index is 5.71. The molecule has 0 bridgehead atoms. The summed E-state index contributed by atoms with van der Waals surface area (Å²) in [5.74, 6) is 0. The first-order valence-corrected chi connectivity index (χ1v) is 4.74. The summed E-state index contributed by atoms with van der Waals surface area (Å²) in [4.78, 5) is 0. The Hall–Kier alpha value is -1.76. The van der Waals surface area contributed by atoms with Crippen LogP contribution in [-0.4, -0.2) is 0 Å². The van der Waals surface area contributed by atoms with E-state index in [0.717, 1.165) is 12.1 Å². The van der Waals surface area contributed by atoms with Crippen LogP contribution >= 0.6 is 0 Å². The summed E-state index contributed by atoms with van der Waals surface area (Å²) >= 11 is 0. The Labute approximate surface area is 84.3 Å². The number of rotatable bonds is 1. The van der Waals surface area contributed by atoms with Gasteiger partial charge in [-0.2, -0.15) is 0 Å². The number of hydrogen-bond acceptors (Lipinski definition) is 1. The monoisotopic (exact) mass is 183 g/mol. The van der Waals surface area contributed by atoms with E-state index in [9.17, 15) is 0 Å². The van der Waals surface area contributed by atoms with Crippen molar-refractivity contribution < 1.29 is 0 Å². The molecule has 14 heavy (non-hydrogen) atoms. The molecule has 0 atom stereocenters. The molecule has 1 aromatic rings. The van der Waals surface area contributed by atoms with Gasteiger partial charge in [0.05, 0.1) is 0 Å². The van der Waals surface area contributed by atoms with Crippen molar-refractivity contribution in [3.63, 3.8) is 0 Å². The fourth-order valence-electron chi connectivity index (χ4n) is 1.52. The molecule has 0 amide bonds. The molecule has 1 nitrogen and oxygen atoms in total. The van der Waals surface area contributed by atoms with Crippen LogP contribution in [0.1, 0.15) is 12.0 Å². The first kappa shape index (κ1) is 8.82. The van der Waals surface area contributed by atoms with Gasteiger partial charge in [-0.25, -0.2) is 0 Å². The van der Waals surface area contributed by atoms with Gasteiger partial charge < -0.3 is 5.73 Å². The molecule has 1 aliphatic rings. The van der Waals surface area contributed by atoms with Crippen LogP contribution in [0.25, 0.3) is 6.08 Å². The number of hydrogen-bond donors (Lipinski definition) is 1. The highest BCUT2D eigenvalue weighted by Crippen LogP contribution is 2.16. The molecule has 1 heteroatoms. The fraction of sp³-hybridized carbons (Fsp3) is 0.0769. The molecule has 70 valence electrons. The lowest BCUT2D eigenvalue weighted by Gasteiger charge is -2.05. The van der Waals surface area contributed by atoms with E-state index in [1.54, 1.807) is 0 Å². The molecule has 1 aromatic carbocycles. The van der Waals surface area contributed by atoms with Gasteiger partial charge in [0, 0.05) is 5.70 Å². The smallest absolute Gasteiger partial charge is 0.0313 e. The SMILES string of the molecule is NC1=CC(=Cc2ccccc2)CC=C1. The van der Waals surface area contributed by atoms with Crippen LogP contribution in [0.15, 0.2) is 59.8 Å². The summed E-state index contributed by atoms with van der Waals surface area (Å²) in [6.07, 6.45) is 9.19. The zero-order valence-electron chi connectivity index (χ0n) is 7.98. The zero-order chi connectivity index (χ0) is 9.80. The molecule has 0 saturated carbocycles. The van der Waals surface area contributed by atoms with Gasteiger partial charge in [-0.1, -0.05) is 42.5 Å². The van der Waals surface area contributed by atoms with Crippen molar-refractivity contribution in [3.8, 4) is 0 Å². The number of nitrogens with two attached hydrogens (primary N) is 1. The first-order chi connectivity index (χ1) is 6.84. The standard InChI is InChI=1S/C13H13N/c14-13-8-4-7-12(10-13)9-11-5-2-1-3-6-11/h1-6,8-10H,7,14H2. The quantitative estimate of drug-likeness (QED) is 0.711. The third-order valence-electron chi connectivity index (χ3n) is 2.17. The maximum atomic E-state index is 5.71. The van der Waals surface area contributed by atoms with Crippen molar-refractivity contribution >= 4 is 6.08 Å². The van der Waals surface area contributed by atoms with Crippen LogP contribution in [0.5, 0.6) is 0 Å². The Kier molecular flexibility index (Phi) is 2.50. The van der Waals surface area contributed by atoms with Crippen molar-refractivity contribution in [1.82, 2.24) is 0 Å². The van der Waals surface area contributed by atoms with E-state index in [-0.39, 0.29) is 0 Å². The molecule has 0 saturated heterocycles. The molecule has 0 radical (unpaired) electrons. The zero-order valence-corrected chi connectivity index (χ0v) is 7.98. The second kappa shape index (κ2) is 3.97. The molecule has 2 rings (SSSR count). The van der Waals surface area contributed by atoms with Gasteiger partial charge in [-0.15, -0.1) is 0 Å². The van der Waals surface area contributed by atoms with E-state index in [0.29, 0.717) is 0 Å². The third-order valence-corrected chi connectivity index (χ3v) is 2.17. The summed E-state index contributed by atoms with van der Waals surface area (Å²) in [6, 6.07) is 10.3. The fourth-order valence-corrected chi connectivity index (χ4v) is 1.52. The third kappa shape index (κ3) is 2.13. The summed E-state index contributed by atoms with van der Waals surface area (Å²) in [5, 5.41) is 0. The molecule has 2 N–H and O–H groups in total. The van der Waals surface area contributed by atoms with Crippen molar-refractivity contribution in [2.45, 2.75) is 6.42 Å². The van der Waals surface area contributed by atoms with Gasteiger partial charge in [0.2, 0.25) is 0 Å². The van der Waals surface area contributed by atoms with Crippen molar-refractivity contribution in [2.75, 3.05) is 0 Å². The molecule has 0 aromatic heterocycles. The van der Waals surface area contributed by atoms with E-state index in [1.165, 1.54) is 11.1 Å². The Balaban J connectivity index is 2.24. The van der Waals surface area contributed by atoms with Crippen LogP contribution in [0.2, 0.25) is 0 Å². The van der Waals surface area contributed by atoms with Crippen molar-refractivity contribution in [2.24, 2.45) is 5.73 Å². The lowest BCUT2D eigenvalue weighted by atomic mass is 10.0. The lowest BCUT2D eigenvalue weighted by Crippen LogP contribution is -1.97. The minimum atomic E-state index is 0.832. The van der Waals surface area contributed by atoms with Crippen LogP contribution in [0, 0.1) is 0 Å². The molecule has 0 unspecified atom stereocenters. The highest BCUT2D eigenvalue weighted by atomic mass is 14.6. The van der Waals surface area contributed by atoms with E-state index in [4.69, 9.17) is 5.73 Å². The van der Waals surface area contributed by atoms with E-state index in [2.05, 4.69) is 24.3 Å². The molecule has 0 spiro atoms. The molecular formula is C13H13N. The van der Waals surface area contributed by atoms with Gasteiger partial charge in [0.1, 0.15) is 0 Å². The Morgan fingerprint density at radius 1 is 1.14 bits per heavy atom. The summed E-state index contributed by atoms with van der Waals surface area (Å²) in [5.41, 5.74) is 9.03. The summed E-state index contributed by atoms with van der Waals surface area (Å²) in [7, 11) is 0. The normalized spacial score (nSPS) is 18.3. The lowest BCUT2D eigenvalue weighted by molar-refractivity contribution is 1.22. The maximum Gasteiger partial charge on any atom is 0.0313 e. The summed E-state index contributed by atoms with van der Waals surface area (Å²) < 4.78 is 0. The van der Waals surface area contributed by atoms with Crippen LogP contribution in [0.4, 0.5) is 0 Å². The first-order valence-electron chi connectivity index (χ1n) is 4.74. The van der Waals surface area contributed by atoms with Crippen molar-refractivity contribution in [1.29, 1.82) is 0 Å². The largest absolute Gasteiger partial charge is 0.399 e. The van der Waals surface area contributed by atoms with Gasteiger partial charge in [0.15, 0.2) is 0 Å². The van der Waals surface area contributed by atoms with Crippen molar-refractivity contribution in [3.05, 3.63) is 65.4 Å². The molecule has 0 aliphatic heterocycles. The van der Waals surface area contributed by atoms with E-state index < -0.39 is 0 Å². The summed E-state index contributed by atoms with van der Waals surface area (Å²) in [6.45, 7) is 0. The van der Waals surface area contributed by atoms with Crippen LogP contribution in [0.3, 0.4) is 0 Å². The van der Waals surface area contributed by atoms with Crippen LogP contribution in [-0.2, 0) is 0 Å². The average Bonchev–Trinajstić information content (AvgIpc) is 2.19. The highest BCUT2D eigenvalue weighted by Gasteiger charge is 1.97. The minimum Gasteiger partial charge on any atom is -0.399 e. The van der Waals surface area contributed by atoms with E-state index in [1.807, 2.05) is 30.4 Å². The Bertz CT molecular complexity index is 397. The van der Waals surface area contributed by atoms with Crippen LogP contribution < -0.4 is 5.73 Å². The van der Waals surface area contributed by atoms with Gasteiger partial charge in [-0.05, 0) is 29.7 Å². The van der Waals surface area contributed by atoms with Gasteiger partial charge in [-0.3, -0.25) is 0 Å². The topological polar surface area (TPSA) is 26.0 Å². The Morgan fingerprint density at radius 2 is 1.93 bits per heavy atom. The average molecular weight is 183 g/mol. The number of benzene rings is 1. The highest BCUT2D eigenvalue weighted by molar-refractivity contribution is 5.58. The second-order valence-corrected chi connectivity index (χ2v) is 3.38.